The zero-order valence-electron chi connectivity index (χ0n) is 40.9. The number of ether oxygens (including phenoxy) is 2. The molecular formula is C53H91N3O6S. The molecule has 0 aromatic carbocycles. The van der Waals surface area contributed by atoms with Crippen molar-refractivity contribution < 1.29 is 28.7 Å². The summed E-state index contributed by atoms with van der Waals surface area (Å²) in [6.45, 7) is 9.18. The predicted molar refractivity (Wildman–Crippen MR) is 265 cm³/mol. The molecule has 0 aliphatic carbocycles. The van der Waals surface area contributed by atoms with Crippen LogP contribution < -0.4 is 5.32 Å². The average Bonchev–Trinajstić information content (AvgIpc) is 3.63. The molecule has 0 saturated heterocycles. The summed E-state index contributed by atoms with van der Waals surface area (Å²) in [5, 5.41) is 3.57. The summed E-state index contributed by atoms with van der Waals surface area (Å²) < 4.78 is 11.5. The number of nitrogens with zero attached hydrogens (tertiary/aromatic N) is 2. The second kappa shape index (κ2) is 37.3. The van der Waals surface area contributed by atoms with Gasteiger partial charge in [0, 0.05) is 30.8 Å². The molecule has 1 aliphatic heterocycles. The van der Waals surface area contributed by atoms with Crippen LogP contribution >= 0.6 is 11.3 Å². The maximum atomic E-state index is 13.5. The van der Waals surface area contributed by atoms with Crippen molar-refractivity contribution in [1.82, 2.24) is 9.80 Å². The van der Waals surface area contributed by atoms with Gasteiger partial charge in [0.1, 0.15) is 5.00 Å². The fraction of sp³-hybridized carbons (Fsp3) is 0.774. The van der Waals surface area contributed by atoms with Crippen LogP contribution in [0.5, 0.6) is 0 Å². The zero-order chi connectivity index (χ0) is 45.8. The van der Waals surface area contributed by atoms with Crippen LogP contribution in [0.4, 0.5) is 5.00 Å². The largest absolute Gasteiger partial charge is 0.465 e. The van der Waals surface area contributed by atoms with Crippen LogP contribution in [0.15, 0.2) is 24.3 Å². The number of unbranched alkanes of at least 4 members (excludes halogenated alkanes) is 18. The second-order valence-corrected chi connectivity index (χ2v) is 19.3. The lowest BCUT2D eigenvalue weighted by Gasteiger charge is -2.27. The van der Waals surface area contributed by atoms with E-state index < -0.39 is 5.97 Å². The van der Waals surface area contributed by atoms with Crippen LogP contribution in [0.3, 0.4) is 0 Å². The molecule has 1 unspecified atom stereocenters. The second-order valence-electron chi connectivity index (χ2n) is 18.2. The fourth-order valence-electron chi connectivity index (χ4n) is 8.20. The molecule has 2 amide bonds. The zero-order valence-corrected chi connectivity index (χ0v) is 41.7. The molecule has 0 bridgehead atoms. The van der Waals surface area contributed by atoms with E-state index in [2.05, 4.69) is 55.3 Å². The van der Waals surface area contributed by atoms with Crippen molar-refractivity contribution in [2.45, 2.75) is 220 Å². The number of thiophene rings is 1. The number of esters is 2. The molecule has 0 saturated carbocycles. The van der Waals surface area contributed by atoms with Gasteiger partial charge < -0.3 is 24.6 Å². The van der Waals surface area contributed by atoms with Crippen molar-refractivity contribution in [2.24, 2.45) is 5.92 Å². The predicted octanol–water partition coefficient (Wildman–Crippen LogP) is 13.9. The van der Waals surface area contributed by atoms with E-state index in [9.17, 15) is 19.2 Å². The Kier molecular flexibility index (Phi) is 33.2. The summed E-state index contributed by atoms with van der Waals surface area (Å²) in [6, 6.07) is 0. The molecule has 0 fully saturated rings. The third-order valence-corrected chi connectivity index (χ3v) is 13.3. The highest BCUT2D eigenvalue weighted by Gasteiger charge is 2.31. The molecule has 1 aromatic heterocycles. The Morgan fingerprint density at radius 3 is 1.90 bits per heavy atom. The quantitative estimate of drug-likeness (QED) is 0.0398. The third kappa shape index (κ3) is 26.5. The van der Waals surface area contributed by atoms with Crippen molar-refractivity contribution in [3.63, 3.8) is 0 Å². The summed E-state index contributed by atoms with van der Waals surface area (Å²) >= 11 is 1.40. The normalized spacial score (nSPS) is 13.3. The smallest absolute Gasteiger partial charge is 0.341 e. The molecule has 2 rings (SSSR count). The molecular weight excluding hydrogens is 807 g/mol. The minimum atomic E-state index is -0.409. The molecule has 10 heteroatoms. The number of carbonyl (C=O) groups is 4. The monoisotopic (exact) mass is 898 g/mol. The van der Waals surface area contributed by atoms with Crippen molar-refractivity contribution in [3.05, 3.63) is 40.3 Å². The van der Waals surface area contributed by atoms with Gasteiger partial charge in [-0.2, -0.15) is 0 Å². The van der Waals surface area contributed by atoms with Gasteiger partial charge in [-0.3, -0.25) is 14.4 Å². The maximum absolute atomic E-state index is 13.5. The van der Waals surface area contributed by atoms with Crippen molar-refractivity contribution in [2.75, 3.05) is 45.7 Å². The highest BCUT2D eigenvalue weighted by molar-refractivity contribution is 7.17. The van der Waals surface area contributed by atoms with Crippen LogP contribution in [0.2, 0.25) is 0 Å². The van der Waals surface area contributed by atoms with E-state index >= 15 is 0 Å². The molecule has 1 N–H and O–H groups in total. The van der Waals surface area contributed by atoms with Crippen LogP contribution in [0.1, 0.15) is 228 Å². The van der Waals surface area contributed by atoms with E-state index in [0.717, 1.165) is 94.0 Å². The Morgan fingerprint density at radius 1 is 0.667 bits per heavy atom. The Bertz CT molecular complexity index is 1440. The minimum Gasteiger partial charge on any atom is -0.465 e. The van der Waals surface area contributed by atoms with Crippen LogP contribution in [0, 0.1) is 5.92 Å². The fourth-order valence-corrected chi connectivity index (χ4v) is 9.46. The topological polar surface area (TPSA) is 105 Å². The van der Waals surface area contributed by atoms with Gasteiger partial charge in [0.2, 0.25) is 11.8 Å². The summed E-state index contributed by atoms with van der Waals surface area (Å²) in [7, 11) is 3.98. The lowest BCUT2D eigenvalue weighted by atomic mass is 9.94. The van der Waals surface area contributed by atoms with Gasteiger partial charge in [-0.15, -0.1) is 11.3 Å². The first-order chi connectivity index (χ1) is 30.7. The van der Waals surface area contributed by atoms with Crippen LogP contribution in [-0.2, 0) is 36.8 Å². The number of hydrogen-bond donors (Lipinski definition) is 1. The molecule has 1 aromatic rings. The van der Waals surface area contributed by atoms with E-state index in [0.29, 0.717) is 62.6 Å². The first-order valence-corrected chi connectivity index (χ1v) is 26.5. The Hall–Kier alpha value is -2.98. The van der Waals surface area contributed by atoms with Gasteiger partial charge in [0.05, 0.1) is 31.2 Å². The standard InChI is InChI=1S/C53H91N3O6S/c1-6-9-12-15-17-18-19-20-21-22-23-24-25-27-32-38-49(58)56-41-39-46-47(44-56)63-51(50(46)53(60)62-43-34-40-55(4)5)54-48(57)37-31-28-33-42-61-52(59)45(35-29-14-11-8-3)36-30-26-16-13-10-7-2/h17-18,20-21,45H,6-16,19,22-44H2,1-5H3,(H,54,57)/b18-17-,21-20-. The Morgan fingerprint density at radius 2 is 1.22 bits per heavy atom. The van der Waals surface area contributed by atoms with Gasteiger partial charge in [0.15, 0.2) is 0 Å². The third-order valence-electron chi connectivity index (χ3n) is 12.1. The molecule has 0 spiro atoms. The molecule has 1 atom stereocenters. The number of anilines is 1. The number of hydrogen-bond acceptors (Lipinski definition) is 8. The van der Waals surface area contributed by atoms with Gasteiger partial charge in [-0.1, -0.05) is 141 Å². The number of nitrogens with one attached hydrogen (secondary N) is 1. The van der Waals surface area contributed by atoms with E-state index in [1.54, 1.807) is 0 Å². The average molecular weight is 898 g/mol. The van der Waals surface area contributed by atoms with Gasteiger partial charge >= 0.3 is 11.9 Å². The number of amides is 2. The van der Waals surface area contributed by atoms with Crippen molar-refractivity contribution in [1.29, 1.82) is 0 Å². The number of rotatable bonds is 39. The summed E-state index contributed by atoms with van der Waals surface area (Å²) in [5.41, 5.74) is 1.35. The van der Waals surface area contributed by atoms with E-state index in [1.807, 2.05) is 19.0 Å². The van der Waals surface area contributed by atoms with Crippen LogP contribution in [0.25, 0.3) is 0 Å². The summed E-state index contributed by atoms with van der Waals surface area (Å²) in [6.07, 6.45) is 39.9. The summed E-state index contributed by atoms with van der Waals surface area (Å²) in [5.74, 6) is -0.461. The highest BCUT2D eigenvalue weighted by Crippen LogP contribution is 2.38. The SMILES string of the molecule is CCCCC/C=C\C/C=C\CCCCCCCC(=O)N1CCc2c(sc(NC(=O)CCCCCOC(=O)C(CCCCCC)CCCCCCCC)c2C(=O)OCCCN(C)C)C1. The first kappa shape index (κ1) is 56.2. The summed E-state index contributed by atoms with van der Waals surface area (Å²) in [4.78, 5) is 58.1. The molecule has 0 radical (unpaired) electrons. The Balaban J connectivity index is 1.83. The van der Waals surface area contributed by atoms with E-state index in [4.69, 9.17) is 9.47 Å². The van der Waals surface area contributed by atoms with Crippen molar-refractivity contribution in [3.8, 4) is 0 Å². The van der Waals surface area contributed by atoms with Crippen molar-refractivity contribution >= 4 is 40.1 Å². The van der Waals surface area contributed by atoms with Crippen LogP contribution in [-0.4, -0.2) is 74.0 Å². The maximum Gasteiger partial charge on any atom is 0.341 e. The highest BCUT2D eigenvalue weighted by atomic mass is 32.1. The molecule has 9 nitrogen and oxygen atoms in total. The number of fused-ring (bicyclic) bond motifs is 1. The lowest BCUT2D eigenvalue weighted by molar-refractivity contribution is -0.149. The molecule has 63 heavy (non-hydrogen) atoms. The molecule has 2 heterocycles. The molecule has 360 valence electrons. The molecule has 1 aliphatic rings. The van der Waals surface area contributed by atoms with Gasteiger partial charge in [0.25, 0.3) is 0 Å². The lowest BCUT2D eigenvalue weighted by Crippen LogP contribution is -2.35. The van der Waals surface area contributed by atoms with Gasteiger partial charge in [-0.25, -0.2) is 4.79 Å². The number of allylic oxidation sites excluding steroid dienone is 4. The van der Waals surface area contributed by atoms with E-state index in [1.165, 1.54) is 101 Å². The van der Waals surface area contributed by atoms with E-state index in [-0.39, 0.29) is 23.7 Å². The first-order valence-electron chi connectivity index (χ1n) is 25.7. The number of carbonyl (C=O) groups excluding carboxylic acids is 4. The minimum absolute atomic E-state index is 0.00921. The Labute approximate surface area is 389 Å². The van der Waals surface area contributed by atoms with Gasteiger partial charge in [-0.05, 0) is 103 Å².